The van der Waals surface area contributed by atoms with Crippen molar-refractivity contribution < 1.29 is 27.0 Å². The van der Waals surface area contributed by atoms with Crippen LogP contribution in [0.15, 0.2) is 72.8 Å². The topological polar surface area (TPSA) is 93.1 Å². The Morgan fingerprint density at radius 2 is 0.926 bits per heavy atom. The molecule has 0 aliphatic rings. The summed E-state index contributed by atoms with van der Waals surface area (Å²) in [6.07, 6.45) is 0. The van der Waals surface area contributed by atoms with Gasteiger partial charge < -0.3 is 18.6 Å². The Morgan fingerprint density at radius 3 is 1.33 bits per heavy atom. The van der Waals surface area contributed by atoms with Gasteiger partial charge in [-0.25, -0.2) is 0 Å². The van der Waals surface area contributed by atoms with E-state index in [0.717, 1.165) is 0 Å². The highest BCUT2D eigenvalue weighted by molar-refractivity contribution is 7.82. The maximum Gasteiger partial charge on any atom is 0.501 e. The number of rotatable bonds is 4. The first-order valence-corrected chi connectivity index (χ1v) is 9.33. The number of aromatic hydroxyl groups is 2. The first-order valence-electron chi connectivity index (χ1n) is 8.00. The molecule has 0 fully saturated rings. The third-order valence-corrected chi connectivity index (χ3v) is 4.87. The summed E-state index contributed by atoms with van der Waals surface area (Å²) in [7, 11) is -4.46. The molecular formula is C20H14O6S. The number of phenols is 2. The molecule has 4 aromatic carbocycles. The molecule has 0 atom stereocenters. The van der Waals surface area contributed by atoms with Crippen molar-refractivity contribution in [3.8, 4) is 23.0 Å². The fourth-order valence-corrected chi connectivity index (χ4v) is 3.66. The zero-order valence-corrected chi connectivity index (χ0v) is 14.7. The van der Waals surface area contributed by atoms with Gasteiger partial charge in [-0.3, -0.25) is 0 Å². The van der Waals surface area contributed by atoms with Crippen LogP contribution in [0.4, 0.5) is 0 Å². The predicted molar refractivity (Wildman–Crippen MR) is 101 cm³/mol. The van der Waals surface area contributed by atoms with E-state index in [4.69, 9.17) is 8.37 Å². The van der Waals surface area contributed by atoms with Crippen LogP contribution in [0.1, 0.15) is 0 Å². The molecule has 2 N–H and O–H groups in total. The molecule has 0 aliphatic carbocycles. The monoisotopic (exact) mass is 382 g/mol. The van der Waals surface area contributed by atoms with Gasteiger partial charge in [0, 0.05) is 21.5 Å². The smallest absolute Gasteiger partial charge is 0.501 e. The van der Waals surface area contributed by atoms with E-state index in [9.17, 15) is 18.6 Å². The van der Waals surface area contributed by atoms with E-state index in [0.29, 0.717) is 21.5 Å². The van der Waals surface area contributed by atoms with Gasteiger partial charge in [-0.2, -0.15) is 0 Å². The molecular weight excluding hydrogens is 368 g/mol. The highest BCUT2D eigenvalue weighted by Crippen LogP contribution is 2.35. The van der Waals surface area contributed by atoms with Crippen molar-refractivity contribution >= 4 is 31.9 Å². The molecule has 27 heavy (non-hydrogen) atoms. The maximum atomic E-state index is 12.5. The third-order valence-electron chi connectivity index (χ3n) is 4.11. The van der Waals surface area contributed by atoms with Crippen LogP contribution in [-0.2, 0) is 10.4 Å². The molecule has 0 heterocycles. The molecule has 7 heteroatoms. The summed E-state index contributed by atoms with van der Waals surface area (Å²) >= 11 is 0. The molecule has 0 spiro atoms. The van der Waals surface area contributed by atoms with E-state index < -0.39 is 10.4 Å². The Bertz CT molecular complexity index is 1170. The fraction of sp³-hybridized carbons (Fsp3) is 0. The highest BCUT2D eigenvalue weighted by Gasteiger charge is 2.20. The van der Waals surface area contributed by atoms with Crippen molar-refractivity contribution in [2.24, 2.45) is 0 Å². The van der Waals surface area contributed by atoms with Gasteiger partial charge in [0.05, 0.1) is 0 Å². The lowest BCUT2D eigenvalue weighted by Gasteiger charge is -2.12. The molecule has 0 amide bonds. The molecule has 6 nitrogen and oxygen atoms in total. The molecule has 0 radical (unpaired) electrons. The zero-order chi connectivity index (χ0) is 19.0. The first kappa shape index (κ1) is 17.0. The molecule has 0 aliphatic heterocycles. The van der Waals surface area contributed by atoms with Crippen molar-refractivity contribution in [2.45, 2.75) is 0 Å². The molecule has 0 saturated carbocycles. The van der Waals surface area contributed by atoms with Crippen molar-refractivity contribution in [1.82, 2.24) is 0 Å². The molecule has 4 aromatic rings. The first-order chi connectivity index (χ1) is 12.9. The molecule has 0 bridgehead atoms. The van der Waals surface area contributed by atoms with E-state index >= 15 is 0 Å². The summed E-state index contributed by atoms with van der Waals surface area (Å²) in [5, 5.41) is 21.6. The Balaban J connectivity index is 1.72. The van der Waals surface area contributed by atoms with Gasteiger partial charge in [0.15, 0.2) is 11.5 Å². The lowest BCUT2D eigenvalue weighted by Crippen LogP contribution is -2.16. The zero-order valence-electron chi connectivity index (χ0n) is 13.9. The maximum absolute atomic E-state index is 12.5. The summed E-state index contributed by atoms with van der Waals surface area (Å²) in [6.45, 7) is 0. The van der Waals surface area contributed by atoms with Crippen molar-refractivity contribution in [3.63, 3.8) is 0 Å². The molecule has 136 valence electrons. The van der Waals surface area contributed by atoms with Crippen LogP contribution in [-0.4, -0.2) is 18.6 Å². The number of benzene rings is 4. The van der Waals surface area contributed by atoms with Crippen molar-refractivity contribution in [1.29, 1.82) is 0 Å². The SMILES string of the molecule is O=S(=O)(Oc1ccc(O)c2ccccc12)Oc1ccc(O)c2ccccc12. The Hall–Kier alpha value is -3.45. The highest BCUT2D eigenvalue weighted by atomic mass is 32.3. The van der Waals surface area contributed by atoms with Crippen LogP contribution < -0.4 is 8.37 Å². The standard InChI is InChI=1S/C20H14O6S/c21-17-9-11-19(15-7-3-1-5-13(15)17)25-27(23,24)26-20-12-10-18(22)14-6-2-4-8-16(14)20/h1-12,21-22H. The van der Waals surface area contributed by atoms with Crippen LogP contribution in [0, 0.1) is 0 Å². The minimum absolute atomic E-state index is 0.0146. The summed E-state index contributed by atoms with van der Waals surface area (Å²) in [4.78, 5) is 0. The number of phenolic OH excluding ortho intramolecular Hbond substituents is 2. The summed E-state index contributed by atoms with van der Waals surface area (Å²) < 4.78 is 35.2. The number of hydrogen-bond acceptors (Lipinski definition) is 6. The average Bonchev–Trinajstić information content (AvgIpc) is 2.67. The van der Waals surface area contributed by atoms with E-state index in [2.05, 4.69) is 0 Å². The van der Waals surface area contributed by atoms with Gasteiger partial charge in [-0.15, -0.1) is 8.42 Å². The van der Waals surface area contributed by atoms with Crippen molar-refractivity contribution in [3.05, 3.63) is 72.8 Å². The minimum Gasteiger partial charge on any atom is -0.507 e. The quantitative estimate of drug-likeness (QED) is 0.552. The van der Waals surface area contributed by atoms with Crippen LogP contribution in [0.3, 0.4) is 0 Å². The second kappa shape index (κ2) is 6.37. The lowest BCUT2D eigenvalue weighted by molar-refractivity contribution is 0.395. The fourth-order valence-electron chi connectivity index (χ4n) is 2.89. The molecule has 0 aromatic heterocycles. The molecule has 4 rings (SSSR count). The minimum atomic E-state index is -4.46. The van der Waals surface area contributed by atoms with E-state index in [1.165, 1.54) is 24.3 Å². The van der Waals surface area contributed by atoms with Gasteiger partial charge >= 0.3 is 10.4 Å². The third kappa shape index (κ3) is 3.20. The second-order valence-corrected chi connectivity index (χ2v) is 6.98. The lowest BCUT2D eigenvalue weighted by atomic mass is 10.1. The van der Waals surface area contributed by atoms with Crippen LogP contribution in [0.5, 0.6) is 23.0 Å². The van der Waals surface area contributed by atoms with Gasteiger partial charge in [-0.05, 0) is 24.3 Å². The predicted octanol–water partition coefficient (Wildman–Crippen LogP) is 4.11. The van der Waals surface area contributed by atoms with Crippen LogP contribution >= 0.6 is 0 Å². The van der Waals surface area contributed by atoms with Gasteiger partial charge in [0.1, 0.15) is 11.5 Å². The Morgan fingerprint density at radius 1 is 0.556 bits per heavy atom. The molecule has 0 unspecified atom stereocenters. The van der Waals surface area contributed by atoms with Crippen LogP contribution in [0.2, 0.25) is 0 Å². The molecule has 0 saturated heterocycles. The summed E-state index contributed by atoms with van der Waals surface area (Å²) in [5.41, 5.74) is 0. The summed E-state index contributed by atoms with van der Waals surface area (Å²) in [6, 6.07) is 18.8. The van der Waals surface area contributed by atoms with E-state index in [1.54, 1.807) is 48.5 Å². The van der Waals surface area contributed by atoms with Gasteiger partial charge in [-0.1, -0.05) is 48.5 Å². The average molecular weight is 382 g/mol. The van der Waals surface area contributed by atoms with E-state index in [1.807, 2.05) is 0 Å². The number of fused-ring (bicyclic) bond motifs is 2. The van der Waals surface area contributed by atoms with Crippen molar-refractivity contribution in [2.75, 3.05) is 0 Å². The summed E-state index contributed by atoms with van der Waals surface area (Å²) in [5.74, 6) is 0.0968. The van der Waals surface area contributed by atoms with Gasteiger partial charge in [0.2, 0.25) is 0 Å². The second-order valence-electron chi connectivity index (χ2n) is 5.83. The van der Waals surface area contributed by atoms with Gasteiger partial charge in [0.25, 0.3) is 0 Å². The van der Waals surface area contributed by atoms with Crippen LogP contribution in [0.25, 0.3) is 21.5 Å². The number of hydrogen-bond donors (Lipinski definition) is 2. The Labute approximate surface area is 155 Å². The largest absolute Gasteiger partial charge is 0.507 e. The Kier molecular flexibility index (Phi) is 4.01. The normalized spacial score (nSPS) is 11.6. The van der Waals surface area contributed by atoms with E-state index in [-0.39, 0.29) is 23.0 Å².